The van der Waals surface area contributed by atoms with Crippen LogP contribution in [0.4, 0.5) is 4.79 Å². The molecule has 0 saturated heterocycles. The third-order valence-corrected chi connectivity index (χ3v) is 4.51. The molecule has 0 aromatic carbocycles. The molecule has 1 aromatic heterocycles. The van der Waals surface area contributed by atoms with Gasteiger partial charge in [-0.05, 0) is 40.5 Å². The maximum atomic E-state index is 12.7. The number of hydrogen-bond acceptors (Lipinski definition) is 4. The van der Waals surface area contributed by atoms with Crippen LogP contribution in [0.25, 0.3) is 0 Å². The zero-order valence-corrected chi connectivity index (χ0v) is 15.1. The van der Waals surface area contributed by atoms with Gasteiger partial charge in [0, 0.05) is 13.1 Å². The maximum absolute atomic E-state index is 12.7. The minimum Gasteiger partial charge on any atom is -0.444 e. The maximum Gasteiger partial charge on any atom is 0.410 e. The fourth-order valence-corrected chi connectivity index (χ4v) is 2.96. The van der Waals surface area contributed by atoms with Gasteiger partial charge in [0.15, 0.2) is 0 Å². The molecule has 3 rings (SSSR count). The van der Waals surface area contributed by atoms with Gasteiger partial charge in [-0.3, -0.25) is 14.4 Å². The number of rotatable bonds is 2. The van der Waals surface area contributed by atoms with E-state index in [2.05, 4.69) is 5.10 Å². The smallest absolute Gasteiger partial charge is 0.410 e. The highest BCUT2D eigenvalue weighted by Gasteiger charge is 2.36. The highest BCUT2D eigenvalue weighted by molar-refractivity contribution is 5.95. The monoisotopic (exact) mass is 334 g/mol. The van der Waals surface area contributed by atoms with E-state index in [9.17, 15) is 9.59 Å². The van der Waals surface area contributed by atoms with Crippen LogP contribution in [0.15, 0.2) is 6.20 Å². The summed E-state index contributed by atoms with van der Waals surface area (Å²) in [7, 11) is 1.83. The number of carbonyl (C=O) groups is 2. The Morgan fingerprint density at radius 1 is 1.33 bits per heavy atom. The Hall–Kier alpha value is -2.05. The van der Waals surface area contributed by atoms with Crippen molar-refractivity contribution in [1.82, 2.24) is 19.6 Å². The van der Waals surface area contributed by atoms with Crippen molar-refractivity contribution in [3.63, 3.8) is 0 Å². The summed E-state index contributed by atoms with van der Waals surface area (Å²) in [5.41, 5.74) is 0.834. The van der Waals surface area contributed by atoms with Crippen LogP contribution in [-0.2, 0) is 17.8 Å². The molecule has 24 heavy (non-hydrogen) atoms. The topological polar surface area (TPSA) is 67.7 Å². The first-order valence-electron chi connectivity index (χ1n) is 8.49. The fourth-order valence-electron chi connectivity index (χ4n) is 2.96. The molecule has 1 saturated carbocycles. The standard InChI is InChI=1S/C17H26N4O3/c1-11-9-21-14(10-20(11)16(23)24-17(2,3)4)13(8-18-21)15(22)19(5)12-6-7-12/h8,11-12H,6-7,9-10H2,1-5H3. The lowest BCUT2D eigenvalue weighted by molar-refractivity contribution is 0.00886. The Balaban J connectivity index is 1.81. The summed E-state index contributed by atoms with van der Waals surface area (Å²) in [5, 5.41) is 4.35. The molecule has 1 unspecified atom stereocenters. The van der Waals surface area contributed by atoms with Gasteiger partial charge in [0.25, 0.3) is 5.91 Å². The average Bonchev–Trinajstić information content (AvgIpc) is 3.24. The van der Waals surface area contributed by atoms with Crippen molar-refractivity contribution >= 4 is 12.0 Å². The molecule has 7 heteroatoms. The molecule has 132 valence electrons. The first-order chi connectivity index (χ1) is 11.2. The lowest BCUT2D eigenvalue weighted by Crippen LogP contribution is -2.47. The van der Waals surface area contributed by atoms with Gasteiger partial charge in [-0.15, -0.1) is 0 Å². The second-order valence-electron chi connectivity index (χ2n) is 7.79. The van der Waals surface area contributed by atoms with Gasteiger partial charge in [-0.2, -0.15) is 5.10 Å². The van der Waals surface area contributed by atoms with Crippen LogP contribution in [0.2, 0.25) is 0 Å². The van der Waals surface area contributed by atoms with Crippen LogP contribution in [0, 0.1) is 0 Å². The van der Waals surface area contributed by atoms with Gasteiger partial charge >= 0.3 is 6.09 Å². The molecular weight excluding hydrogens is 308 g/mol. The third kappa shape index (κ3) is 3.25. The largest absolute Gasteiger partial charge is 0.444 e. The van der Waals surface area contributed by atoms with Crippen molar-refractivity contribution in [3.05, 3.63) is 17.5 Å². The molecular formula is C17H26N4O3. The van der Waals surface area contributed by atoms with Gasteiger partial charge in [-0.25, -0.2) is 4.79 Å². The molecule has 1 fully saturated rings. The first-order valence-corrected chi connectivity index (χ1v) is 8.49. The minimum atomic E-state index is -0.542. The van der Waals surface area contributed by atoms with Crippen molar-refractivity contribution in [3.8, 4) is 0 Å². The molecule has 1 aromatic rings. The molecule has 1 aliphatic heterocycles. The molecule has 2 aliphatic rings. The number of fused-ring (bicyclic) bond motifs is 1. The van der Waals surface area contributed by atoms with Crippen LogP contribution in [0.3, 0.4) is 0 Å². The predicted octanol–water partition coefficient (Wildman–Crippen LogP) is 2.26. The summed E-state index contributed by atoms with van der Waals surface area (Å²) in [5.74, 6) is -0.0163. The summed E-state index contributed by atoms with van der Waals surface area (Å²) in [6, 6.07) is 0.314. The van der Waals surface area contributed by atoms with E-state index < -0.39 is 5.60 Å². The number of nitrogens with zero attached hydrogens (tertiary/aromatic N) is 4. The van der Waals surface area contributed by atoms with E-state index in [4.69, 9.17) is 4.74 Å². The predicted molar refractivity (Wildman–Crippen MR) is 88.6 cm³/mol. The third-order valence-electron chi connectivity index (χ3n) is 4.51. The van der Waals surface area contributed by atoms with E-state index in [1.165, 1.54) is 0 Å². The molecule has 0 bridgehead atoms. The van der Waals surface area contributed by atoms with E-state index in [-0.39, 0.29) is 18.0 Å². The van der Waals surface area contributed by atoms with Crippen LogP contribution < -0.4 is 0 Å². The SMILES string of the molecule is CC1Cn2ncc(C(=O)N(C)C3CC3)c2CN1C(=O)OC(C)(C)C. The van der Waals surface area contributed by atoms with Crippen molar-refractivity contribution in [2.75, 3.05) is 7.05 Å². The Morgan fingerprint density at radius 2 is 2.00 bits per heavy atom. The lowest BCUT2D eigenvalue weighted by atomic mass is 10.1. The quantitative estimate of drug-likeness (QED) is 0.832. The van der Waals surface area contributed by atoms with Crippen molar-refractivity contribution in [2.45, 2.75) is 71.3 Å². The first kappa shape index (κ1) is 16.8. The Bertz CT molecular complexity index is 657. The van der Waals surface area contributed by atoms with E-state index in [0.717, 1.165) is 18.5 Å². The highest BCUT2D eigenvalue weighted by atomic mass is 16.6. The van der Waals surface area contributed by atoms with Gasteiger partial charge in [-0.1, -0.05) is 0 Å². The second-order valence-corrected chi connectivity index (χ2v) is 7.79. The molecule has 2 amide bonds. The number of carbonyl (C=O) groups excluding carboxylic acids is 2. The van der Waals surface area contributed by atoms with E-state index in [1.54, 1.807) is 16.0 Å². The van der Waals surface area contributed by atoms with Gasteiger partial charge in [0.05, 0.1) is 36.6 Å². The van der Waals surface area contributed by atoms with Crippen molar-refractivity contribution < 1.29 is 14.3 Å². The Morgan fingerprint density at radius 3 is 2.58 bits per heavy atom. The number of ether oxygens (including phenoxy) is 1. The molecule has 2 heterocycles. The van der Waals surface area contributed by atoms with Crippen LogP contribution in [-0.4, -0.2) is 56.3 Å². The average molecular weight is 334 g/mol. The van der Waals surface area contributed by atoms with Crippen LogP contribution in [0.5, 0.6) is 0 Å². The van der Waals surface area contributed by atoms with E-state index in [0.29, 0.717) is 24.7 Å². The Labute approximate surface area is 142 Å². The zero-order chi connectivity index (χ0) is 17.6. The van der Waals surface area contributed by atoms with Crippen LogP contribution >= 0.6 is 0 Å². The van der Waals surface area contributed by atoms with Crippen molar-refractivity contribution in [2.24, 2.45) is 0 Å². The molecule has 0 spiro atoms. The second kappa shape index (κ2) is 5.79. The molecule has 7 nitrogen and oxygen atoms in total. The lowest BCUT2D eigenvalue weighted by Gasteiger charge is -2.35. The summed E-state index contributed by atoms with van der Waals surface area (Å²) in [6.07, 6.45) is 3.40. The normalized spacial score (nSPS) is 20.5. The van der Waals surface area contributed by atoms with Gasteiger partial charge in [0.2, 0.25) is 0 Å². The summed E-state index contributed by atoms with van der Waals surface area (Å²) >= 11 is 0. The molecule has 1 atom stereocenters. The fraction of sp³-hybridized carbons (Fsp3) is 0.706. The molecule has 0 N–H and O–H groups in total. The van der Waals surface area contributed by atoms with E-state index in [1.807, 2.05) is 39.4 Å². The zero-order valence-electron chi connectivity index (χ0n) is 15.1. The van der Waals surface area contributed by atoms with Crippen LogP contribution in [0.1, 0.15) is 56.6 Å². The highest BCUT2D eigenvalue weighted by Crippen LogP contribution is 2.29. The number of amides is 2. The molecule has 0 radical (unpaired) electrons. The summed E-state index contributed by atoms with van der Waals surface area (Å²) < 4.78 is 7.33. The van der Waals surface area contributed by atoms with Crippen molar-refractivity contribution in [1.29, 1.82) is 0 Å². The molecule has 1 aliphatic carbocycles. The number of hydrogen-bond donors (Lipinski definition) is 0. The number of aromatic nitrogens is 2. The Kier molecular flexibility index (Phi) is 4.05. The van der Waals surface area contributed by atoms with Gasteiger partial charge in [0.1, 0.15) is 5.60 Å². The van der Waals surface area contributed by atoms with Gasteiger partial charge < -0.3 is 9.64 Å². The summed E-state index contributed by atoms with van der Waals surface area (Å²) in [4.78, 5) is 28.6. The summed E-state index contributed by atoms with van der Waals surface area (Å²) in [6.45, 7) is 8.42. The minimum absolute atomic E-state index is 0.0163. The van der Waals surface area contributed by atoms with E-state index >= 15 is 0 Å².